The van der Waals surface area contributed by atoms with Crippen LogP contribution in [0.2, 0.25) is 0 Å². The van der Waals surface area contributed by atoms with Gasteiger partial charge in [0.25, 0.3) is 0 Å². The van der Waals surface area contributed by atoms with E-state index in [-0.39, 0.29) is 18.4 Å². The average Bonchev–Trinajstić information content (AvgIpc) is 3.44. The number of piperazine rings is 1. The standard InChI is InChI=1S/C27H31FN4O4/c1-35-23-10-4-20(5-11-23)12-13-29-26(33)27(34)30-19-24(25-3-2-18-36-25)32-16-14-31(15-17-32)22-8-6-21(28)7-9-22/h2-11,18,24H,12-17,19H2,1H3,(H,29,33)(H,30,34)/t24-/m1/s1. The number of ether oxygens (including phenoxy) is 1. The minimum atomic E-state index is -0.675. The van der Waals surface area contributed by atoms with Crippen molar-refractivity contribution in [1.29, 1.82) is 0 Å². The predicted octanol–water partition coefficient (Wildman–Crippen LogP) is 2.77. The molecule has 2 aromatic carbocycles. The molecule has 1 aromatic heterocycles. The van der Waals surface area contributed by atoms with Crippen LogP contribution in [-0.4, -0.2) is 63.1 Å². The summed E-state index contributed by atoms with van der Waals surface area (Å²) in [5, 5.41) is 5.43. The first-order valence-corrected chi connectivity index (χ1v) is 12.0. The summed E-state index contributed by atoms with van der Waals surface area (Å²) < 4.78 is 24.0. The lowest BCUT2D eigenvalue weighted by molar-refractivity contribution is -0.139. The van der Waals surface area contributed by atoms with Crippen LogP contribution in [0.5, 0.6) is 5.75 Å². The third-order valence-corrected chi connectivity index (χ3v) is 6.34. The number of rotatable bonds is 9. The van der Waals surface area contributed by atoms with Gasteiger partial charge in [0.2, 0.25) is 0 Å². The fourth-order valence-electron chi connectivity index (χ4n) is 4.30. The molecule has 0 radical (unpaired) electrons. The fraction of sp³-hybridized carbons (Fsp3) is 0.333. The SMILES string of the molecule is COc1ccc(CCNC(=O)C(=O)NC[C@H](c2ccco2)N2CCN(c3ccc(F)cc3)CC2)cc1. The van der Waals surface area contributed by atoms with Crippen molar-refractivity contribution in [2.45, 2.75) is 12.5 Å². The van der Waals surface area contributed by atoms with E-state index in [9.17, 15) is 14.0 Å². The van der Waals surface area contributed by atoms with Crippen molar-refractivity contribution in [3.63, 3.8) is 0 Å². The lowest BCUT2D eigenvalue weighted by atomic mass is 10.1. The van der Waals surface area contributed by atoms with Gasteiger partial charge in [0, 0.05) is 45.0 Å². The normalized spacial score (nSPS) is 14.8. The second kappa shape index (κ2) is 12.2. The molecule has 4 rings (SSSR count). The molecule has 0 bridgehead atoms. The van der Waals surface area contributed by atoms with E-state index in [2.05, 4.69) is 20.4 Å². The smallest absolute Gasteiger partial charge is 0.309 e. The second-order valence-electron chi connectivity index (χ2n) is 8.59. The number of benzene rings is 2. The zero-order chi connectivity index (χ0) is 25.3. The summed E-state index contributed by atoms with van der Waals surface area (Å²) in [6.07, 6.45) is 2.21. The van der Waals surface area contributed by atoms with E-state index in [1.165, 1.54) is 12.1 Å². The molecule has 0 saturated carbocycles. The highest BCUT2D eigenvalue weighted by Gasteiger charge is 2.28. The number of anilines is 1. The molecule has 8 nitrogen and oxygen atoms in total. The van der Waals surface area contributed by atoms with Gasteiger partial charge < -0.3 is 24.7 Å². The first kappa shape index (κ1) is 25.2. The van der Waals surface area contributed by atoms with Crippen LogP contribution in [0.1, 0.15) is 17.4 Å². The molecular formula is C27H31FN4O4. The number of halogens is 1. The van der Waals surface area contributed by atoms with Gasteiger partial charge in [-0.15, -0.1) is 0 Å². The maximum absolute atomic E-state index is 13.3. The second-order valence-corrected chi connectivity index (χ2v) is 8.59. The molecular weight excluding hydrogens is 463 g/mol. The molecule has 2 amide bonds. The van der Waals surface area contributed by atoms with Crippen LogP contribution >= 0.6 is 0 Å². The number of carbonyl (C=O) groups is 2. The van der Waals surface area contributed by atoms with Crippen molar-refractivity contribution in [3.8, 4) is 5.75 Å². The Morgan fingerprint density at radius 2 is 1.67 bits per heavy atom. The average molecular weight is 495 g/mol. The highest BCUT2D eigenvalue weighted by atomic mass is 19.1. The Hall–Kier alpha value is -3.85. The van der Waals surface area contributed by atoms with Crippen LogP contribution < -0.4 is 20.3 Å². The predicted molar refractivity (Wildman–Crippen MR) is 134 cm³/mol. The van der Waals surface area contributed by atoms with Gasteiger partial charge in [-0.25, -0.2) is 4.39 Å². The van der Waals surface area contributed by atoms with E-state index in [1.807, 2.05) is 36.4 Å². The fourth-order valence-corrected chi connectivity index (χ4v) is 4.30. The van der Waals surface area contributed by atoms with Crippen molar-refractivity contribution in [2.24, 2.45) is 0 Å². The molecule has 36 heavy (non-hydrogen) atoms. The topological polar surface area (TPSA) is 87.0 Å². The van der Waals surface area contributed by atoms with E-state index in [1.54, 1.807) is 25.5 Å². The van der Waals surface area contributed by atoms with Crippen LogP contribution in [0.4, 0.5) is 10.1 Å². The van der Waals surface area contributed by atoms with Crippen LogP contribution in [0.25, 0.3) is 0 Å². The molecule has 1 saturated heterocycles. The molecule has 9 heteroatoms. The van der Waals surface area contributed by atoms with Crippen molar-refractivity contribution in [2.75, 3.05) is 51.3 Å². The maximum Gasteiger partial charge on any atom is 0.309 e. The Labute approximate surface area is 210 Å². The molecule has 0 aliphatic carbocycles. The molecule has 1 aliphatic rings. The highest BCUT2D eigenvalue weighted by Crippen LogP contribution is 2.24. The van der Waals surface area contributed by atoms with E-state index >= 15 is 0 Å². The summed E-state index contributed by atoms with van der Waals surface area (Å²) in [4.78, 5) is 29.2. The summed E-state index contributed by atoms with van der Waals surface area (Å²) in [7, 11) is 1.61. The van der Waals surface area contributed by atoms with E-state index < -0.39 is 11.8 Å². The van der Waals surface area contributed by atoms with Gasteiger partial charge in [0.1, 0.15) is 17.3 Å². The molecule has 1 atom stereocenters. The Balaban J connectivity index is 1.26. The van der Waals surface area contributed by atoms with Gasteiger partial charge >= 0.3 is 11.8 Å². The molecule has 2 heterocycles. The van der Waals surface area contributed by atoms with Crippen LogP contribution in [0, 0.1) is 5.82 Å². The first-order valence-electron chi connectivity index (χ1n) is 12.0. The Bertz CT molecular complexity index is 1110. The maximum atomic E-state index is 13.3. The number of methoxy groups -OCH3 is 1. The number of furan rings is 1. The lowest BCUT2D eigenvalue weighted by Crippen LogP contribution is -2.50. The van der Waals surface area contributed by atoms with Crippen LogP contribution in [0.15, 0.2) is 71.3 Å². The van der Waals surface area contributed by atoms with Crippen molar-refractivity contribution < 1.29 is 23.1 Å². The quantitative estimate of drug-likeness (QED) is 0.445. The zero-order valence-corrected chi connectivity index (χ0v) is 20.3. The van der Waals surface area contributed by atoms with Gasteiger partial charge in [-0.1, -0.05) is 12.1 Å². The van der Waals surface area contributed by atoms with Crippen molar-refractivity contribution in [3.05, 3.63) is 84.1 Å². The Morgan fingerprint density at radius 3 is 2.31 bits per heavy atom. The summed E-state index contributed by atoms with van der Waals surface area (Å²) in [5.41, 5.74) is 2.01. The molecule has 0 spiro atoms. The van der Waals surface area contributed by atoms with Crippen molar-refractivity contribution in [1.82, 2.24) is 15.5 Å². The number of amides is 2. The van der Waals surface area contributed by atoms with E-state index in [4.69, 9.17) is 9.15 Å². The number of carbonyl (C=O) groups excluding carboxylic acids is 2. The number of nitrogens with zero attached hydrogens (tertiary/aromatic N) is 2. The van der Waals surface area contributed by atoms with Gasteiger partial charge in [-0.2, -0.15) is 0 Å². The van der Waals surface area contributed by atoms with Crippen molar-refractivity contribution >= 4 is 17.5 Å². The summed E-state index contributed by atoms with van der Waals surface area (Å²) >= 11 is 0. The monoisotopic (exact) mass is 494 g/mol. The zero-order valence-electron chi connectivity index (χ0n) is 20.3. The minimum Gasteiger partial charge on any atom is -0.497 e. The number of nitrogens with one attached hydrogen (secondary N) is 2. The van der Waals surface area contributed by atoms with Crippen LogP contribution in [0.3, 0.4) is 0 Å². The largest absolute Gasteiger partial charge is 0.497 e. The molecule has 190 valence electrons. The third kappa shape index (κ3) is 6.63. The molecule has 3 aromatic rings. The molecule has 1 aliphatic heterocycles. The Kier molecular flexibility index (Phi) is 8.57. The number of hydrogen-bond donors (Lipinski definition) is 2. The van der Waals surface area contributed by atoms with Gasteiger partial charge in [0.15, 0.2) is 0 Å². The summed E-state index contributed by atoms with van der Waals surface area (Å²) in [6, 6.07) is 17.5. The third-order valence-electron chi connectivity index (χ3n) is 6.34. The van der Waals surface area contributed by atoms with E-state index in [0.717, 1.165) is 48.9 Å². The van der Waals surface area contributed by atoms with E-state index in [0.29, 0.717) is 13.0 Å². The molecule has 0 unspecified atom stereocenters. The van der Waals surface area contributed by atoms with Gasteiger partial charge in [0.05, 0.1) is 19.4 Å². The summed E-state index contributed by atoms with van der Waals surface area (Å²) in [6.45, 7) is 3.56. The number of hydrogen-bond acceptors (Lipinski definition) is 6. The first-order chi connectivity index (χ1) is 17.5. The molecule has 2 N–H and O–H groups in total. The minimum absolute atomic E-state index is 0.202. The van der Waals surface area contributed by atoms with Crippen LogP contribution in [-0.2, 0) is 16.0 Å². The highest BCUT2D eigenvalue weighted by molar-refractivity contribution is 6.35. The van der Waals surface area contributed by atoms with Gasteiger partial charge in [-0.05, 0) is 60.5 Å². The summed E-state index contributed by atoms with van der Waals surface area (Å²) in [5.74, 6) is -0.0968. The van der Waals surface area contributed by atoms with Gasteiger partial charge in [-0.3, -0.25) is 14.5 Å². The Morgan fingerprint density at radius 1 is 0.972 bits per heavy atom. The molecule has 1 fully saturated rings. The lowest BCUT2D eigenvalue weighted by Gasteiger charge is -2.39.